The fraction of sp³-hybridized carbons (Fsp3) is 0.238. The molecule has 8 heteroatoms. The van der Waals surface area contributed by atoms with Crippen molar-refractivity contribution in [1.29, 1.82) is 0 Å². The van der Waals surface area contributed by atoms with Crippen molar-refractivity contribution < 1.29 is 28.6 Å². The van der Waals surface area contributed by atoms with Crippen molar-refractivity contribution in [3.63, 3.8) is 0 Å². The van der Waals surface area contributed by atoms with Gasteiger partial charge < -0.3 is 29.1 Å². The number of hydrogen-bond acceptors (Lipinski definition) is 7. The molecular formula is C21H21NO7. The quantitative estimate of drug-likeness (QED) is 0.558. The number of aromatic hydroxyl groups is 2. The Morgan fingerprint density at radius 1 is 1.24 bits per heavy atom. The molecule has 152 valence electrons. The molecule has 0 fully saturated rings. The number of phenolic OH excluding ortho intramolecular Hbond substituents is 1. The van der Waals surface area contributed by atoms with Crippen LogP contribution in [0.3, 0.4) is 0 Å². The largest absolute Gasteiger partial charge is 0.504 e. The standard InChI is InChI=1S/C21H21NO7/c1-12-8-17(24)20(26)21(29-12)15(13-5-6-16(23)18(9-13)27-2)10-19(25)22-11-14-4-3-7-28-14/h3-9,15,23,26H,10-11H2,1-2H3,(H,22,25). The number of benzene rings is 1. The molecule has 29 heavy (non-hydrogen) atoms. The molecule has 1 unspecified atom stereocenters. The Kier molecular flexibility index (Phi) is 5.92. The Morgan fingerprint density at radius 3 is 2.72 bits per heavy atom. The number of rotatable bonds is 7. The zero-order valence-corrected chi connectivity index (χ0v) is 16.0. The number of aryl methyl sites for hydroxylation is 1. The number of methoxy groups -OCH3 is 1. The molecule has 1 aromatic carbocycles. The van der Waals surface area contributed by atoms with Gasteiger partial charge in [-0.2, -0.15) is 0 Å². The predicted molar refractivity (Wildman–Crippen MR) is 103 cm³/mol. The van der Waals surface area contributed by atoms with Gasteiger partial charge in [0, 0.05) is 12.5 Å². The molecular weight excluding hydrogens is 378 g/mol. The lowest BCUT2D eigenvalue weighted by Gasteiger charge is -2.18. The molecule has 0 saturated heterocycles. The second-order valence-electron chi connectivity index (χ2n) is 6.48. The summed E-state index contributed by atoms with van der Waals surface area (Å²) in [5.74, 6) is -0.719. The zero-order valence-electron chi connectivity index (χ0n) is 16.0. The maximum absolute atomic E-state index is 12.6. The highest BCUT2D eigenvalue weighted by molar-refractivity contribution is 5.77. The summed E-state index contributed by atoms with van der Waals surface area (Å²) >= 11 is 0. The van der Waals surface area contributed by atoms with Crippen LogP contribution in [0.2, 0.25) is 0 Å². The molecule has 0 bridgehead atoms. The van der Waals surface area contributed by atoms with Crippen LogP contribution in [-0.2, 0) is 11.3 Å². The van der Waals surface area contributed by atoms with Crippen molar-refractivity contribution in [2.24, 2.45) is 0 Å². The Hall–Kier alpha value is -3.68. The normalized spacial score (nSPS) is 11.8. The minimum Gasteiger partial charge on any atom is -0.504 e. The second-order valence-corrected chi connectivity index (χ2v) is 6.48. The van der Waals surface area contributed by atoms with Crippen LogP contribution in [0.25, 0.3) is 0 Å². The maximum Gasteiger partial charge on any atom is 0.227 e. The molecule has 3 N–H and O–H groups in total. The van der Waals surface area contributed by atoms with Crippen molar-refractivity contribution in [3.05, 3.63) is 75.7 Å². The number of nitrogens with one attached hydrogen (secondary N) is 1. The second kappa shape index (κ2) is 8.55. The van der Waals surface area contributed by atoms with E-state index in [1.54, 1.807) is 25.1 Å². The van der Waals surface area contributed by atoms with Crippen LogP contribution in [0.4, 0.5) is 0 Å². The molecule has 3 rings (SSSR count). The van der Waals surface area contributed by atoms with E-state index in [1.165, 1.54) is 31.6 Å². The van der Waals surface area contributed by atoms with Crippen LogP contribution in [0.5, 0.6) is 17.2 Å². The van der Waals surface area contributed by atoms with Crippen LogP contribution >= 0.6 is 0 Å². The van der Waals surface area contributed by atoms with Crippen LogP contribution in [0.15, 0.2) is 56.3 Å². The summed E-state index contributed by atoms with van der Waals surface area (Å²) in [5.41, 5.74) is -0.0765. The molecule has 0 radical (unpaired) electrons. The Balaban J connectivity index is 1.95. The van der Waals surface area contributed by atoms with Gasteiger partial charge in [-0.25, -0.2) is 0 Å². The molecule has 8 nitrogen and oxygen atoms in total. The van der Waals surface area contributed by atoms with Crippen LogP contribution < -0.4 is 15.5 Å². The third-order valence-corrected chi connectivity index (χ3v) is 4.42. The fourth-order valence-electron chi connectivity index (χ4n) is 2.99. The highest BCUT2D eigenvalue weighted by atomic mass is 16.5. The van der Waals surface area contributed by atoms with Crippen molar-refractivity contribution in [3.8, 4) is 17.2 Å². The van der Waals surface area contributed by atoms with E-state index >= 15 is 0 Å². The molecule has 2 aromatic heterocycles. The highest BCUT2D eigenvalue weighted by Gasteiger charge is 2.26. The van der Waals surface area contributed by atoms with Crippen molar-refractivity contribution >= 4 is 5.91 Å². The lowest BCUT2D eigenvalue weighted by atomic mass is 9.91. The van der Waals surface area contributed by atoms with E-state index in [2.05, 4.69) is 5.32 Å². The molecule has 0 spiro atoms. The van der Waals surface area contributed by atoms with E-state index in [-0.39, 0.29) is 36.1 Å². The number of ether oxygens (including phenoxy) is 1. The SMILES string of the molecule is COc1cc(C(CC(=O)NCc2ccco2)c2oc(C)cc(=O)c2O)ccc1O. The lowest BCUT2D eigenvalue weighted by molar-refractivity contribution is -0.121. The van der Waals surface area contributed by atoms with Crippen LogP contribution in [0.1, 0.15) is 35.2 Å². The van der Waals surface area contributed by atoms with Gasteiger partial charge >= 0.3 is 0 Å². The molecule has 3 aromatic rings. The van der Waals surface area contributed by atoms with Gasteiger partial charge in [-0.15, -0.1) is 0 Å². The van der Waals surface area contributed by atoms with Gasteiger partial charge in [0.2, 0.25) is 17.1 Å². The van der Waals surface area contributed by atoms with Crippen molar-refractivity contribution in [2.75, 3.05) is 7.11 Å². The van der Waals surface area contributed by atoms with E-state index in [4.69, 9.17) is 13.6 Å². The number of carbonyl (C=O) groups is 1. The Bertz CT molecular complexity index is 1050. The molecule has 1 amide bonds. The average Bonchev–Trinajstić information content (AvgIpc) is 3.21. The minimum absolute atomic E-state index is 0.0316. The van der Waals surface area contributed by atoms with E-state index in [1.807, 2.05) is 0 Å². The Morgan fingerprint density at radius 2 is 2.03 bits per heavy atom. The first-order valence-electron chi connectivity index (χ1n) is 8.88. The molecule has 1 atom stereocenters. The van der Waals surface area contributed by atoms with Crippen molar-refractivity contribution in [1.82, 2.24) is 5.32 Å². The first kappa shape index (κ1) is 20.1. The van der Waals surface area contributed by atoms with Crippen molar-refractivity contribution in [2.45, 2.75) is 25.8 Å². The summed E-state index contributed by atoms with van der Waals surface area (Å²) in [6, 6.07) is 9.13. The molecule has 0 saturated carbocycles. The van der Waals surface area contributed by atoms with E-state index in [0.717, 1.165) is 0 Å². The average molecular weight is 399 g/mol. The number of amides is 1. The number of phenols is 1. The molecule has 0 aliphatic heterocycles. The third-order valence-electron chi connectivity index (χ3n) is 4.42. The van der Waals surface area contributed by atoms with Crippen LogP contribution in [-0.4, -0.2) is 23.2 Å². The summed E-state index contributed by atoms with van der Waals surface area (Å²) < 4.78 is 15.9. The first-order chi connectivity index (χ1) is 13.9. The number of furan rings is 1. The van der Waals surface area contributed by atoms with Gasteiger partial charge in [-0.3, -0.25) is 9.59 Å². The smallest absolute Gasteiger partial charge is 0.227 e. The summed E-state index contributed by atoms with van der Waals surface area (Å²) in [6.07, 6.45) is 1.39. The summed E-state index contributed by atoms with van der Waals surface area (Å²) in [5, 5.41) is 22.9. The summed E-state index contributed by atoms with van der Waals surface area (Å²) in [4.78, 5) is 24.6. The van der Waals surface area contributed by atoms with Gasteiger partial charge in [-0.1, -0.05) is 6.07 Å². The topological polar surface area (TPSA) is 122 Å². The van der Waals surface area contributed by atoms with E-state index in [0.29, 0.717) is 17.1 Å². The van der Waals surface area contributed by atoms with E-state index in [9.17, 15) is 19.8 Å². The van der Waals surface area contributed by atoms with Gasteiger partial charge in [0.15, 0.2) is 17.3 Å². The lowest BCUT2D eigenvalue weighted by Crippen LogP contribution is -2.25. The molecule has 0 aliphatic rings. The predicted octanol–water partition coefficient (Wildman–Crippen LogP) is 2.80. The fourth-order valence-corrected chi connectivity index (χ4v) is 2.99. The summed E-state index contributed by atoms with van der Waals surface area (Å²) in [7, 11) is 1.40. The third kappa shape index (κ3) is 4.60. The van der Waals surface area contributed by atoms with E-state index < -0.39 is 17.1 Å². The van der Waals surface area contributed by atoms with Crippen LogP contribution in [0, 0.1) is 6.92 Å². The van der Waals surface area contributed by atoms with Gasteiger partial charge in [-0.05, 0) is 36.8 Å². The minimum atomic E-state index is -0.784. The number of hydrogen-bond donors (Lipinski definition) is 3. The van der Waals surface area contributed by atoms with Gasteiger partial charge in [0.25, 0.3) is 0 Å². The summed E-state index contributed by atoms with van der Waals surface area (Å²) in [6.45, 7) is 1.77. The molecule has 2 heterocycles. The number of carbonyl (C=O) groups excluding carboxylic acids is 1. The molecule has 0 aliphatic carbocycles. The maximum atomic E-state index is 12.6. The zero-order chi connectivity index (χ0) is 21.0. The monoisotopic (exact) mass is 399 g/mol. The van der Waals surface area contributed by atoms with Gasteiger partial charge in [0.1, 0.15) is 11.5 Å². The first-order valence-corrected chi connectivity index (χ1v) is 8.88. The Labute approximate surface area is 166 Å². The highest BCUT2D eigenvalue weighted by Crippen LogP contribution is 2.37. The van der Waals surface area contributed by atoms with Gasteiger partial charge in [0.05, 0.1) is 25.8 Å².